The predicted molar refractivity (Wildman–Crippen MR) is 77.6 cm³/mol. The third-order valence-electron chi connectivity index (χ3n) is 2.87. The van der Waals surface area contributed by atoms with Gasteiger partial charge in [0.05, 0.1) is 31.6 Å². The Morgan fingerprint density at radius 2 is 2.20 bits per heavy atom. The van der Waals surface area contributed by atoms with Crippen LogP contribution in [0, 0.1) is 0 Å². The van der Waals surface area contributed by atoms with Crippen LogP contribution in [0.4, 0.5) is 0 Å². The van der Waals surface area contributed by atoms with Crippen molar-refractivity contribution in [1.82, 2.24) is 4.90 Å². The van der Waals surface area contributed by atoms with Gasteiger partial charge in [-0.15, -0.1) is 0 Å². The molecular weight excluding hydrogens is 258 g/mol. The lowest BCUT2D eigenvalue weighted by Crippen LogP contribution is -2.36. The van der Waals surface area contributed by atoms with E-state index in [1.165, 1.54) is 0 Å². The van der Waals surface area contributed by atoms with Gasteiger partial charge in [-0.2, -0.15) is 0 Å². The van der Waals surface area contributed by atoms with E-state index >= 15 is 0 Å². The Hall–Kier alpha value is -0.880. The van der Waals surface area contributed by atoms with Gasteiger partial charge in [0.2, 0.25) is 0 Å². The second-order valence-corrected chi connectivity index (χ2v) is 5.20. The van der Waals surface area contributed by atoms with E-state index < -0.39 is 6.10 Å². The molecule has 0 amide bonds. The maximum Gasteiger partial charge on any atom is 0.117 e. The van der Waals surface area contributed by atoms with Gasteiger partial charge in [-0.05, 0) is 32.4 Å². The Bertz CT molecular complexity index is 327. The molecule has 0 bridgehead atoms. The van der Waals surface area contributed by atoms with E-state index in [4.69, 9.17) is 13.9 Å². The molecule has 0 spiro atoms. The first-order chi connectivity index (χ1) is 9.61. The molecule has 116 valence electrons. The van der Waals surface area contributed by atoms with E-state index in [1.54, 1.807) is 13.4 Å². The molecule has 0 saturated heterocycles. The van der Waals surface area contributed by atoms with Gasteiger partial charge in [-0.3, -0.25) is 4.90 Å². The van der Waals surface area contributed by atoms with Crippen molar-refractivity contribution >= 4 is 0 Å². The lowest BCUT2D eigenvalue weighted by Gasteiger charge is -2.24. The van der Waals surface area contributed by atoms with E-state index in [-0.39, 0.29) is 6.10 Å². The summed E-state index contributed by atoms with van der Waals surface area (Å²) < 4.78 is 15.9. The van der Waals surface area contributed by atoms with Gasteiger partial charge in [0.15, 0.2) is 0 Å². The smallest absolute Gasteiger partial charge is 0.117 e. The zero-order valence-electron chi connectivity index (χ0n) is 12.7. The average Bonchev–Trinajstić information content (AvgIpc) is 2.89. The Kier molecular flexibility index (Phi) is 8.53. The van der Waals surface area contributed by atoms with Gasteiger partial charge < -0.3 is 19.0 Å². The summed E-state index contributed by atoms with van der Waals surface area (Å²) in [4.78, 5) is 2.16. The van der Waals surface area contributed by atoms with Crippen molar-refractivity contribution in [1.29, 1.82) is 0 Å². The molecule has 0 aliphatic carbocycles. The summed E-state index contributed by atoms with van der Waals surface area (Å²) in [7, 11) is 1.70. The molecule has 0 saturated carbocycles. The summed E-state index contributed by atoms with van der Waals surface area (Å²) in [6.45, 7) is 7.11. The molecule has 1 aromatic rings. The van der Waals surface area contributed by atoms with Crippen molar-refractivity contribution in [2.24, 2.45) is 0 Å². The number of rotatable bonds is 11. The molecular formula is C15H27NO4. The van der Waals surface area contributed by atoms with Gasteiger partial charge in [0, 0.05) is 26.8 Å². The standard InChI is InChI=1S/C15H27NO4/c1-13(2)20-12-14(17)10-16(7-5-8-18-3)11-15-6-4-9-19-15/h4,6,9,13-14,17H,5,7-8,10-12H2,1-3H3. The van der Waals surface area contributed by atoms with Crippen molar-refractivity contribution in [2.45, 2.75) is 39.0 Å². The van der Waals surface area contributed by atoms with Crippen LogP contribution in [0.1, 0.15) is 26.0 Å². The van der Waals surface area contributed by atoms with Crippen molar-refractivity contribution in [3.8, 4) is 0 Å². The summed E-state index contributed by atoms with van der Waals surface area (Å²) >= 11 is 0. The summed E-state index contributed by atoms with van der Waals surface area (Å²) in [6.07, 6.45) is 2.24. The first-order valence-electron chi connectivity index (χ1n) is 7.15. The fourth-order valence-corrected chi connectivity index (χ4v) is 1.94. The molecule has 1 atom stereocenters. The van der Waals surface area contributed by atoms with Crippen LogP contribution in [0.3, 0.4) is 0 Å². The number of nitrogens with zero attached hydrogens (tertiary/aromatic N) is 1. The van der Waals surface area contributed by atoms with Gasteiger partial charge in [0.1, 0.15) is 5.76 Å². The van der Waals surface area contributed by atoms with Crippen molar-refractivity contribution < 1.29 is 19.0 Å². The van der Waals surface area contributed by atoms with Gasteiger partial charge in [-0.25, -0.2) is 0 Å². The van der Waals surface area contributed by atoms with Gasteiger partial charge >= 0.3 is 0 Å². The maximum absolute atomic E-state index is 10.0. The third kappa shape index (κ3) is 7.65. The zero-order chi connectivity index (χ0) is 14.8. The zero-order valence-corrected chi connectivity index (χ0v) is 12.7. The molecule has 1 N–H and O–H groups in total. The van der Waals surface area contributed by atoms with Gasteiger partial charge in [-0.1, -0.05) is 0 Å². The number of aliphatic hydroxyl groups excluding tert-OH is 1. The molecule has 0 aromatic carbocycles. The van der Waals surface area contributed by atoms with Crippen LogP contribution < -0.4 is 0 Å². The highest BCUT2D eigenvalue weighted by molar-refractivity contribution is 4.97. The number of aliphatic hydroxyl groups is 1. The molecule has 5 nitrogen and oxygen atoms in total. The summed E-state index contributed by atoms with van der Waals surface area (Å²) in [6, 6.07) is 3.82. The minimum absolute atomic E-state index is 0.136. The normalized spacial score (nSPS) is 13.3. The Labute approximate surface area is 121 Å². The molecule has 20 heavy (non-hydrogen) atoms. The van der Waals surface area contributed by atoms with E-state index in [0.29, 0.717) is 26.3 Å². The summed E-state index contributed by atoms with van der Waals surface area (Å²) in [5.74, 6) is 0.902. The highest BCUT2D eigenvalue weighted by Crippen LogP contribution is 2.07. The first kappa shape index (κ1) is 17.2. The van der Waals surface area contributed by atoms with Gasteiger partial charge in [0.25, 0.3) is 0 Å². The monoisotopic (exact) mass is 285 g/mol. The van der Waals surface area contributed by atoms with Crippen LogP contribution in [0.2, 0.25) is 0 Å². The minimum Gasteiger partial charge on any atom is -0.468 e. The number of ether oxygens (including phenoxy) is 2. The largest absolute Gasteiger partial charge is 0.468 e. The second kappa shape index (κ2) is 9.94. The number of methoxy groups -OCH3 is 1. The van der Waals surface area contributed by atoms with Crippen molar-refractivity contribution in [3.63, 3.8) is 0 Å². The number of hydrogen-bond donors (Lipinski definition) is 1. The average molecular weight is 285 g/mol. The molecule has 0 aliphatic heterocycles. The fraction of sp³-hybridized carbons (Fsp3) is 0.733. The van der Waals surface area contributed by atoms with E-state index in [9.17, 15) is 5.11 Å². The van der Waals surface area contributed by atoms with Crippen LogP contribution >= 0.6 is 0 Å². The van der Waals surface area contributed by atoms with E-state index in [1.807, 2.05) is 26.0 Å². The SMILES string of the molecule is COCCCN(Cc1ccco1)CC(O)COC(C)C. The van der Waals surface area contributed by atoms with E-state index in [0.717, 1.165) is 18.7 Å². The molecule has 0 radical (unpaired) electrons. The fourth-order valence-electron chi connectivity index (χ4n) is 1.94. The highest BCUT2D eigenvalue weighted by atomic mass is 16.5. The molecule has 5 heteroatoms. The molecule has 0 aliphatic rings. The lowest BCUT2D eigenvalue weighted by atomic mass is 10.3. The maximum atomic E-state index is 10.0. The Balaban J connectivity index is 2.40. The predicted octanol–water partition coefficient (Wildman–Crippen LogP) is 1.90. The molecule has 1 rings (SSSR count). The first-order valence-corrected chi connectivity index (χ1v) is 7.15. The molecule has 0 fully saturated rings. The van der Waals surface area contributed by atoms with Crippen LogP contribution in [-0.2, 0) is 16.0 Å². The second-order valence-electron chi connectivity index (χ2n) is 5.20. The van der Waals surface area contributed by atoms with Crippen LogP contribution in [0.5, 0.6) is 0 Å². The Morgan fingerprint density at radius 3 is 2.80 bits per heavy atom. The topological polar surface area (TPSA) is 55.1 Å². The molecule has 1 aromatic heterocycles. The lowest BCUT2D eigenvalue weighted by molar-refractivity contribution is -0.0110. The minimum atomic E-state index is -0.491. The molecule has 1 unspecified atom stereocenters. The summed E-state index contributed by atoms with van der Waals surface area (Å²) in [5.41, 5.74) is 0. The van der Waals surface area contributed by atoms with Crippen LogP contribution in [-0.4, -0.2) is 55.6 Å². The number of furan rings is 1. The molecule has 1 heterocycles. The van der Waals surface area contributed by atoms with Crippen molar-refractivity contribution in [2.75, 3.05) is 33.4 Å². The van der Waals surface area contributed by atoms with Crippen molar-refractivity contribution in [3.05, 3.63) is 24.2 Å². The van der Waals surface area contributed by atoms with Crippen LogP contribution in [0.15, 0.2) is 22.8 Å². The Morgan fingerprint density at radius 1 is 1.40 bits per heavy atom. The number of hydrogen-bond acceptors (Lipinski definition) is 5. The summed E-state index contributed by atoms with van der Waals surface area (Å²) in [5, 5.41) is 10.0. The van der Waals surface area contributed by atoms with Crippen LogP contribution in [0.25, 0.3) is 0 Å². The highest BCUT2D eigenvalue weighted by Gasteiger charge is 2.14. The quantitative estimate of drug-likeness (QED) is 0.629. The third-order valence-corrected chi connectivity index (χ3v) is 2.87. The van der Waals surface area contributed by atoms with E-state index in [2.05, 4.69) is 4.90 Å².